The van der Waals surface area contributed by atoms with Gasteiger partial charge < -0.3 is 14.8 Å². The number of non-ortho nitro benzene ring substituents is 1. The molecule has 1 aliphatic rings. The quantitative estimate of drug-likeness (QED) is 0.584. The van der Waals surface area contributed by atoms with Crippen LogP contribution in [0, 0.1) is 10.1 Å². The minimum atomic E-state index is -0.456. The summed E-state index contributed by atoms with van der Waals surface area (Å²) in [5, 5.41) is 13.9. The highest BCUT2D eigenvalue weighted by Crippen LogP contribution is 2.33. The molecule has 0 radical (unpaired) electrons. The number of fused-ring (bicyclic) bond motifs is 2. The van der Waals surface area contributed by atoms with Gasteiger partial charge in [-0.3, -0.25) is 15.1 Å². The largest absolute Gasteiger partial charge is 0.486 e. The number of nitrogens with zero attached hydrogens (tertiary/aromatic N) is 3. The Morgan fingerprint density at radius 1 is 1.04 bits per heavy atom. The fourth-order valence-electron chi connectivity index (χ4n) is 2.44. The molecule has 0 bridgehead atoms. The molecule has 3 aromatic rings. The summed E-state index contributed by atoms with van der Waals surface area (Å²) < 4.78 is 11.0. The minimum absolute atomic E-state index is 0.00987. The van der Waals surface area contributed by atoms with Crippen molar-refractivity contribution in [3.05, 3.63) is 52.7 Å². The van der Waals surface area contributed by atoms with Crippen molar-refractivity contribution >= 4 is 28.2 Å². The van der Waals surface area contributed by atoms with Crippen LogP contribution in [0.4, 0.5) is 17.2 Å². The summed E-state index contributed by atoms with van der Waals surface area (Å²) in [4.78, 5) is 19.0. The van der Waals surface area contributed by atoms with Crippen LogP contribution >= 0.6 is 0 Å². The summed E-state index contributed by atoms with van der Waals surface area (Å²) in [7, 11) is 0. The van der Waals surface area contributed by atoms with Gasteiger partial charge in [-0.05, 0) is 18.2 Å². The third kappa shape index (κ3) is 2.65. The van der Waals surface area contributed by atoms with Crippen LogP contribution in [0.3, 0.4) is 0 Å². The van der Waals surface area contributed by atoms with Gasteiger partial charge in [-0.25, -0.2) is 4.98 Å². The van der Waals surface area contributed by atoms with Crippen molar-refractivity contribution in [1.29, 1.82) is 0 Å². The second-order valence-electron chi connectivity index (χ2n) is 5.17. The second kappa shape index (κ2) is 5.65. The van der Waals surface area contributed by atoms with Crippen LogP contribution in [-0.2, 0) is 0 Å². The third-order valence-corrected chi connectivity index (χ3v) is 3.55. The molecule has 0 fully saturated rings. The maximum Gasteiger partial charge on any atom is 0.271 e. The lowest BCUT2D eigenvalue weighted by Crippen LogP contribution is -2.15. The summed E-state index contributed by atoms with van der Waals surface area (Å²) in [6, 6.07) is 9.90. The number of hydrogen-bond acceptors (Lipinski definition) is 7. The Bertz CT molecular complexity index is 945. The van der Waals surface area contributed by atoms with E-state index >= 15 is 0 Å². The fourth-order valence-corrected chi connectivity index (χ4v) is 2.44. The number of anilines is 2. The molecule has 0 amide bonds. The normalized spacial score (nSPS) is 12.8. The predicted molar refractivity (Wildman–Crippen MR) is 86.9 cm³/mol. The minimum Gasteiger partial charge on any atom is -0.486 e. The van der Waals surface area contributed by atoms with Crippen LogP contribution in [0.2, 0.25) is 0 Å². The first-order chi connectivity index (χ1) is 11.7. The SMILES string of the molecule is O=[N+]([O-])c1ccc2nc(Nc3ccc4c(c3)OCCO4)cnc2c1. The second-order valence-corrected chi connectivity index (χ2v) is 5.17. The standard InChI is InChI=1S/C16H12N4O4/c21-20(22)11-2-3-12-13(8-11)17-9-16(19-12)18-10-1-4-14-15(7-10)24-6-5-23-14/h1-4,7-9H,5-6H2,(H,18,19). The molecule has 2 heterocycles. The topological polar surface area (TPSA) is 99.4 Å². The summed E-state index contributed by atoms with van der Waals surface area (Å²) in [6.45, 7) is 1.06. The highest BCUT2D eigenvalue weighted by Gasteiger charge is 2.12. The van der Waals surface area contributed by atoms with Gasteiger partial charge in [-0.2, -0.15) is 0 Å². The van der Waals surface area contributed by atoms with E-state index in [1.54, 1.807) is 6.07 Å². The van der Waals surface area contributed by atoms with Crippen molar-refractivity contribution in [1.82, 2.24) is 9.97 Å². The number of hydrogen-bond donors (Lipinski definition) is 1. The molecule has 1 aromatic heterocycles. The molecule has 1 N–H and O–H groups in total. The zero-order chi connectivity index (χ0) is 16.5. The Balaban J connectivity index is 1.62. The van der Waals surface area contributed by atoms with Gasteiger partial charge >= 0.3 is 0 Å². The smallest absolute Gasteiger partial charge is 0.271 e. The first kappa shape index (κ1) is 14.2. The van der Waals surface area contributed by atoms with E-state index in [1.165, 1.54) is 18.3 Å². The first-order valence-corrected chi connectivity index (χ1v) is 7.27. The van der Waals surface area contributed by atoms with Gasteiger partial charge in [-0.15, -0.1) is 0 Å². The molecule has 0 unspecified atom stereocenters. The van der Waals surface area contributed by atoms with E-state index in [2.05, 4.69) is 15.3 Å². The average Bonchev–Trinajstić information content (AvgIpc) is 2.61. The van der Waals surface area contributed by atoms with Crippen LogP contribution in [0.25, 0.3) is 11.0 Å². The Morgan fingerprint density at radius 2 is 1.88 bits per heavy atom. The molecule has 2 aromatic carbocycles. The van der Waals surface area contributed by atoms with Gasteiger partial charge in [0.15, 0.2) is 11.5 Å². The molecular weight excluding hydrogens is 312 g/mol. The molecule has 0 saturated carbocycles. The van der Waals surface area contributed by atoms with Gasteiger partial charge in [0, 0.05) is 23.9 Å². The van der Waals surface area contributed by atoms with E-state index in [0.717, 1.165) is 5.69 Å². The van der Waals surface area contributed by atoms with E-state index in [4.69, 9.17) is 9.47 Å². The number of benzene rings is 2. The molecule has 1 aliphatic heterocycles. The Hall–Kier alpha value is -3.42. The maximum atomic E-state index is 10.8. The van der Waals surface area contributed by atoms with E-state index in [1.807, 2.05) is 18.2 Å². The molecule has 0 spiro atoms. The molecular formula is C16H12N4O4. The van der Waals surface area contributed by atoms with Gasteiger partial charge in [0.2, 0.25) is 0 Å². The van der Waals surface area contributed by atoms with Gasteiger partial charge in [0.1, 0.15) is 19.0 Å². The Morgan fingerprint density at radius 3 is 2.71 bits per heavy atom. The van der Waals surface area contributed by atoms with Crippen LogP contribution in [0.5, 0.6) is 11.5 Å². The highest BCUT2D eigenvalue weighted by molar-refractivity contribution is 5.78. The predicted octanol–water partition coefficient (Wildman–Crippen LogP) is 3.05. The van der Waals surface area contributed by atoms with Crippen molar-refractivity contribution < 1.29 is 14.4 Å². The number of nitro groups is 1. The molecule has 120 valence electrons. The molecule has 24 heavy (non-hydrogen) atoms. The summed E-state index contributed by atoms with van der Waals surface area (Å²) in [5.41, 5.74) is 1.82. The van der Waals surface area contributed by atoms with Crippen LogP contribution in [-0.4, -0.2) is 28.1 Å². The maximum absolute atomic E-state index is 10.8. The Labute approximate surface area is 136 Å². The van der Waals surface area contributed by atoms with E-state index in [9.17, 15) is 10.1 Å². The zero-order valence-corrected chi connectivity index (χ0v) is 12.4. The van der Waals surface area contributed by atoms with Crippen LogP contribution in [0.1, 0.15) is 0 Å². The average molecular weight is 324 g/mol. The monoisotopic (exact) mass is 324 g/mol. The number of aromatic nitrogens is 2. The molecule has 8 heteroatoms. The van der Waals surface area contributed by atoms with Crippen molar-refractivity contribution in [3.8, 4) is 11.5 Å². The first-order valence-electron chi connectivity index (χ1n) is 7.27. The zero-order valence-electron chi connectivity index (χ0n) is 12.4. The van der Waals surface area contributed by atoms with E-state index < -0.39 is 4.92 Å². The molecule has 0 atom stereocenters. The van der Waals surface area contributed by atoms with Crippen molar-refractivity contribution in [2.75, 3.05) is 18.5 Å². The van der Waals surface area contributed by atoms with E-state index in [0.29, 0.717) is 41.6 Å². The van der Waals surface area contributed by atoms with Crippen LogP contribution < -0.4 is 14.8 Å². The summed E-state index contributed by atoms with van der Waals surface area (Å²) in [5.74, 6) is 1.92. The van der Waals surface area contributed by atoms with Crippen molar-refractivity contribution in [2.24, 2.45) is 0 Å². The summed E-state index contributed by atoms with van der Waals surface area (Å²) in [6.07, 6.45) is 1.53. The fraction of sp³-hybridized carbons (Fsp3) is 0.125. The van der Waals surface area contributed by atoms with Gasteiger partial charge in [-0.1, -0.05) is 0 Å². The summed E-state index contributed by atoms with van der Waals surface area (Å²) >= 11 is 0. The molecule has 4 rings (SSSR count). The van der Waals surface area contributed by atoms with Gasteiger partial charge in [0.25, 0.3) is 5.69 Å². The van der Waals surface area contributed by atoms with E-state index in [-0.39, 0.29) is 5.69 Å². The van der Waals surface area contributed by atoms with Gasteiger partial charge in [0.05, 0.1) is 22.2 Å². The number of nitrogens with one attached hydrogen (secondary N) is 1. The molecule has 0 aliphatic carbocycles. The highest BCUT2D eigenvalue weighted by atomic mass is 16.6. The molecule has 8 nitrogen and oxygen atoms in total. The number of rotatable bonds is 3. The Kier molecular flexibility index (Phi) is 3.34. The molecule has 0 saturated heterocycles. The number of nitro benzene ring substituents is 1. The lowest BCUT2D eigenvalue weighted by Gasteiger charge is -2.19. The van der Waals surface area contributed by atoms with Crippen molar-refractivity contribution in [2.45, 2.75) is 0 Å². The third-order valence-electron chi connectivity index (χ3n) is 3.55. The van der Waals surface area contributed by atoms with Crippen molar-refractivity contribution in [3.63, 3.8) is 0 Å². The lowest BCUT2D eigenvalue weighted by atomic mass is 10.2. The lowest BCUT2D eigenvalue weighted by molar-refractivity contribution is -0.384. The van der Waals surface area contributed by atoms with Crippen LogP contribution in [0.15, 0.2) is 42.6 Å². The number of ether oxygens (including phenoxy) is 2.